The number of halogens is 10. The molecule has 6 heterocycles. The second-order valence-electron chi connectivity index (χ2n) is 13.4. The van der Waals surface area contributed by atoms with Gasteiger partial charge >= 0.3 is 12.4 Å². The van der Waals surface area contributed by atoms with Crippen LogP contribution in [0.2, 0.25) is 0 Å². The maximum absolute atomic E-state index is 12.9. The van der Waals surface area contributed by atoms with Crippen LogP contribution in [0.1, 0.15) is 55.4 Å². The summed E-state index contributed by atoms with van der Waals surface area (Å²) in [5.74, 6) is 0.843. The van der Waals surface area contributed by atoms with Crippen LogP contribution in [0.5, 0.6) is 0 Å². The molecule has 0 aliphatic carbocycles. The molecule has 1 amide bonds. The van der Waals surface area contributed by atoms with Crippen molar-refractivity contribution < 1.29 is 35.9 Å². The molecule has 0 saturated carbocycles. The molecule has 2 aromatic carbocycles. The Hall–Kier alpha value is -5.92. The molecule has 8 aromatic rings. The second kappa shape index (κ2) is 25.4. The lowest BCUT2D eigenvalue weighted by Gasteiger charge is -2.08. The molecular weight excluding hydrogens is 1030 g/mol. The summed E-state index contributed by atoms with van der Waals surface area (Å²) in [4.78, 5) is 50.1. The van der Waals surface area contributed by atoms with Gasteiger partial charge in [0.1, 0.15) is 34.7 Å². The molecule has 6 aromatic heterocycles. The van der Waals surface area contributed by atoms with Gasteiger partial charge in [0.15, 0.2) is 21.9 Å². The van der Waals surface area contributed by atoms with E-state index in [1.807, 2.05) is 29.4 Å². The number of carbonyl (C=O) groups is 2. The number of nitrogens with two attached hydrogens (primary N) is 1. The molecule has 0 atom stereocenters. The highest BCUT2D eigenvalue weighted by Gasteiger charge is 2.31. The van der Waals surface area contributed by atoms with E-state index in [9.17, 15) is 35.9 Å². The zero-order valence-corrected chi connectivity index (χ0v) is 40.2. The molecular formula is C40H40Cl4F6N14O2S2. The first kappa shape index (κ1) is 56.4. The molecule has 16 nitrogen and oxygen atoms in total. The lowest BCUT2D eigenvalue weighted by molar-refractivity contribution is -0.138. The number of nitrogens with one attached hydrogen (secondary N) is 3. The number of hydrogen-bond acceptors (Lipinski definition) is 15. The van der Waals surface area contributed by atoms with Gasteiger partial charge in [0, 0.05) is 72.3 Å². The molecule has 28 heteroatoms. The van der Waals surface area contributed by atoms with Gasteiger partial charge in [-0.15, -0.1) is 59.9 Å². The number of anilines is 4. The Kier molecular flexibility index (Phi) is 21.1. The largest absolute Gasteiger partial charge is 0.416 e. The fraction of sp³-hybridized carbons (Fsp3) is 0.250. The van der Waals surface area contributed by atoms with Crippen LogP contribution in [0.15, 0.2) is 86.0 Å². The van der Waals surface area contributed by atoms with Crippen molar-refractivity contribution >= 4 is 127 Å². The van der Waals surface area contributed by atoms with Crippen LogP contribution in [0.25, 0.3) is 22.1 Å². The van der Waals surface area contributed by atoms with Crippen LogP contribution < -0.4 is 21.7 Å². The summed E-state index contributed by atoms with van der Waals surface area (Å²) >= 11 is 7.79. The highest BCUT2D eigenvalue weighted by atomic mass is 35.5. The Bertz CT molecular complexity index is 2890. The SMILES string of the molecule is CCn1ncc2ncnc(NCCc3cnc(N)s3)c21.CCn1ncc2ncnc(NCCc3cnc(NC(=O)c4cccc(C(F)(F)F)c4)s3)c21.Cl.Cl.Cl.O=C(Cl)c1cccc(C(F)(F)F)c1. The number of nitrogens with zero attached hydrogens (tertiary/aromatic N) is 10. The zero-order valence-electron chi connectivity index (χ0n) is 35.4. The summed E-state index contributed by atoms with van der Waals surface area (Å²) in [5, 5.41) is 17.7. The van der Waals surface area contributed by atoms with Crippen LogP contribution in [0.4, 0.5) is 48.2 Å². The number of nitrogen functional groups attached to an aromatic ring is 1. The van der Waals surface area contributed by atoms with E-state index < -0.39 is 34.6 Å². The third-order valence-electron chi connectivity index (χ3n) is 9.00. The molecule has 0 aliphatic rings. The van der Waals surface area contributed by atoms with Crippen LogP contribution in [0.3, 0.4) is 0 Å². The highest BCUT2D eigenvalue weighted by molar-refractivity contribution is 7.15. The molecule has 0 bridgehead atoms. The maximum atomic E-state index is 12.9. The summed E-state index contributed by atoms with van der Waals surface area (Å²) in [6, 6.07) is 8.22. The minimum Gasteiger partial charge on any atom is -0.375 e. The van der Waals surface area contributed by atoms with Crippen molar-refractivity contribution in [2.24, 2.45) is 0 Å². The lowest BCUT2D eigenvalue weighted by Crippen LogP contribution is -2.13. The van der Waals surface area contributed by atoms with Gasteiger partial charge in [-0.25, -0.2) is 29.9 Å². The van der Waals surface area contributed by atoms with Crippen LogP contribution in [0, 0.1) is 0 Å². The third-order valence-corrected chi connectivity index (χ3v) is 11.1. The number of amides is 1. The van der Waals surface area contributed by atoms with E-state index in [1.54, 1.807) is 24.9 Å². The number of carbonyl (C=O) groups excluding carboxylic acids is 2. The Morgan fingerprint density at radius 1 is 0.662 bits per heavy atom. The summed E-state index contributed by atoms with van der Waals surface area (Å²) in [7, 11) is 0. The normalized spacial score (nSPS) is 10.9. The summed E-state index contributed by atoms with van der Waals surface area (Å²) in [6.45, 7) is 6.83. The Morgan fingerprint density at radius 3 is 1.59 bits per heavy atom. The summed E-state index contributed by atoms with van der Waals surface area (Å²) in [5.41, 5.74) is 7.00. The monoisotopic (exact) mass is 1070 g/mol. The van der Waals surface area contributed by atoms with Gasteiger partial charge < -0.3 is 16.4 Å². The molecule has 0 aliphatic heterocycles. The molecule has 0 radical (unpaired) electrons. The van der Waals surface area contributed by atoms with E-state index in [2.05, 4.69) is 56.1 Å². The number of aryl methyl sites for hydroxylation is 2. The van der Waals surface area contributed by atoms with Crippen LogP contribution >= 0.6 is 71.5 Å². The minimum atomic E-state index is -4.51. The number of benzene rings is 2. The van der Waals surface area contributed by atoms with E-state index >= 15 is 0 Å². The predicted octanol–water partition coefficient (Wildman–Crippen LogP) is 10.1. The van der Waals surface area contributed by atoms with E-state index in [0.29, 0.717) is 35.6 Å². The molecule has 0 saturated heterocycles. The Balaban J connectivity index is 0.000000292. The van der Waals surface area contributed by atoms with Gasteiger partial charge in [-0.3, -0.25) is 24.3 Å². The number of hydrogen-bond donors (Lipinski definition) is 4. The summed E-state index contributed by atoms with van der Waals surface area (Å²) in [6.07, 6.45) is 2.43. The highest BCUT2D eigenvalue weighted by Crippen LogP contribution is 2.31. The van der Waals surface area contributed by atoms with E-state index in [1.165, 1.54) is 47.2 Å². The van der Waals surface area contributed by atoms with E-state index in [-0.39, 0.29) is 48.3 Å². The molecule has 68 heavy (non-hydrogen) atoms. The van der Waals surface area contributed by atoms with Crippen molar-refractivity contribution in [3.8, 4) is 0 Å². The van der Waals surface area contributed by atoms with E-state index in [4.69, 9.17) is 17.3 Å². The van der Waals surface area contributed by atoms with Crippen molar-refractivity contribution in [2.45, 2.75) is 52.1 Å². The van der Waals surface area contributed by atoms with Crippen LogP contribution in [-0.2, 0) is 38.3 Å². The van der Waals surface area contributed by atoms with Crippen LogP contribution in [-0.4, -0.2) is 73.7 Å². The summed E-state index contributed by atoms with van der Waals surface area (Å²) < 4.78 is 78.5. The topological polar surface area (TPSA) is 209 Å². The lowest BCUT2D eigenvalue weighted by atomic mass is 10.1. The average Bonchev–Trinajstić information content (AvgIpc) is 4.11. The van der Waals surface area contributed by atoms with Crippen molar-refractivity contribution in [3.05, 3.63) is 118 Å². The smallest absolute Gasteiger partial charge is 0.375 e. The first-order valence-corrected chi connectivity index (χ1v) is 21.4. The van der Waals surface area contributed by atoms with Crippen molar-refractivity contribution in [2.75, 3.05) is 34.8 Å². The third kappa shape index (κ3) is 15.0. The minimum absolute atomic E-state index is 0. The number of aromatic nitrogens is 10. The van der Waals surface area contributed by atoms with Gasteiger partial charge in [-0.05, 0) is 55.8 Å². The number of alkyl halides is 6. The zero-order chi connectivity index (χ0) is 46.7. The molecule has 5 N–H and O–H groups in total. The first-order chi connectivity index (χ1) is 31.0. The number of rotatable bonds is 13. The quantitative estimate of drug-likeness (QED) is 0.0627. The van der Waals surface area contributed by atoms with Crippen molar-refractivity contribution in [1.82, 2.24) is 49.5 Å². The average molecular weight is 1070 g/mol. The molecule has 364 valence electrons. The van der Waals surface area contributed by atoms with Crippen molar-refractivity contribution in [1.29, 1.82) is 0 Å². The van der Waals surface area contributed by atoms with Crippen molar-refractivity contribution in [3.63, 3.8) is 0 Å². The standard InChI is InChI=1S/C20H18F3N7OS.C12H15N7S.C8H4ClF3O.3ClH/c1-2-30-16-15(10-28-30)26-11-27-17(16)24-7-6-14-9-25-19(32-14)29-18(31)12-4-3-5-13(8-12)20(21,22)23;1-2-19-10-9(6-18-19)16-7-17-11(10)14-4-3-8-5-15-12(13)20-8;9-7(13)5-2-1-3-6(4-5)8(10,11)12;;;/h3-5,8-11H,2,6-7H2,1H3,(H,24,26,27)(H,25,29,31);5-7H,2-4H2,1H3,(H2,13,15)(H,14,16,17);1-4H;3*1H. The van der Waals surface area contributed by atoms with Gasteiger partial charge in [0.2, 0.25) is 0 Å². The molecule has 0 spiro atoms. The maximum Gasteiger partial charge on any atom is 0.416 e. The molecule has 0 fully saturated rings. The van der Waals surface area contributed by atoms with Gasteiger partial charge in [0.05, 0.1) is 23.5 Å². The van der Waals surface area contributed by atoms with Gasteiger partial charge in [-0.2, -0.15) is 36.5 Å². The second-order valence-corrected chi connectivity index (χ2v) is 16.0. The predicted molar refractivity (Wildman–Crippen MR) is 258 cm³/mol. The number of fused-ring (bicyclic) bond motifs is 2. The molecule has 0 unspecified atom stereocenters. The first-order valence-electron chi connectivity index (χ1n) is 19.3. The van der Waals surface area contributed by atoms with E-state index in [0.717, 1.165) is 87.5 Å². The number of thiazole rings is 2. The Morgan fingerprint density at radius 2 is 1.13 bits per heavy atom. The Labute approximate surface area is 414 Å². The van der Waals surface area contributed by atoms with Gasteiger partial charge in [0.25, 0.3) is 11.1 Å². The van der Waals surface area contributed by atoms with Gasteiger partial charge in [-0.1, -0.05) is 18.2 Å². The molecule has 8 rings (SSSR count). The fourth-order valence-corrected chi connectivity index (χ4v) is 7.54. The fourth-order valence-electron chi connectivity index (χ4n) is 5.94.